The summed E-state index contributed by atoms with van der Waals surface area (Å²) in [5.74, 6) is 0. The first-order valence-corrected chi connectivity index (χ1v) is 10.4. The molecule has 1 aliphatic carbocycles. The summed E-state index contributed by atoms with van der Waals surface area (Å²) in [6, 6.07) is 6.00. The van der Waals surface area contributed by atoms with Gasteiger partial charge >= 0.3 is 0 Å². The molecule has 0 radical (unpaired) electrons. The van der Waals surface area contributed by atoms with Crippen LogP contribution in [0.25, 0.3) is 26.9 Å². The fourth-order valence-corrected chi connectivity index (χ4v) is 5.82. The van der Waals surface area contributed by atoms with Gasteiger partial charge in [0.2, 0.25) is 0 Å². The minimum Gasteiger partial charge on any atom is -0.397 e. The van der Waals surface area contributed by atoms with Crippen molar-refractivity contribution in [1.82, 2.24) is 9.97 Å². The molecule has 1 saturated carbocycles. The van der Waals surface area contributed by atoms with Crippen LogP contribution in [0.3, 0.4) is 0 Å². The number of rotatable bonds is 5. The van der Waals surface area contributed by atoms with Crippen molar-refractivity contribution in [1.29, 1.82) is 5.41 Å². The summed E-state index contributed by atoms with van der Waals surface area (Å²) < 4.78 is 1.16. The Kier molecular flexibility index (Phi) is 4.78. The third kappa shape index (κ3) is 3.04. The number of nitrogens with zero attached hydrogens (tertiary/aromatic N) is 2. The highest BCUT2D eigenvalue weighted by molar-refractivity contribution is 8.02. The Morgan fingerprint density at radius 1 is 1.42 bits per heavy atom. The van der Waals surface area contributed by atoms with Gasteiger partial charge in [-0.25, -0.2) is 4.98 Å². The molecule has 0 atom stereocenters. The number of pyridine rings is 2. The van der Waals surface area contributed by atoms with Gasteiger partial charge < -0.3 is 11.1 Å². The number of nitrogens with two attached hydrogens (primary N) is 1. The second kappa shape index (κ2) is 7.21. The van der Waals surface area contributed by atoms with Crippen LogP contribution >= 0.6 is 23.1 Å². The van der Waals surface area contributed by atoms with Gasteiger partial charge in [0.05, 0.1) is 15.6 Å². The monoisotopic (exact) mass is 380 g/mol. The zero-order valence-electron chi connectivity index (χ0n) is 14.5. The van der Waals surface area contributed by atoms with Gasteiger partial charge in [0, 0.05) is 40.4 Å². The second-order valence-electron chi connectivity index (χ2n) is 6.34. The Labute approximate surface area is 161 Å². The summed E-state index contributed by atoms with van der Waals surface area (Å²) in [6.45, 7) is 1.93. The first-order valence-electron chi connectivity index (χ1n) is 8.68. The van der Waals surface area contributed by atoms with E-state index in [0.717, 1.165) is 42.5 Å². The maximum Gasteiger partial charge on any atom is 0.127 e. The van der Waals surface area contributed by atoms with E-state index in [0.29, 0.717) is 5.25 Å². The van der Waals surface area contributed by atoms with Crippen molar-refractivity contribution in [3.8, 4) is 11.1 Å². The van der Waals surface area contributed by atoms with Gasteiger partial charge in [-0.2, -0.15) is 0 Å². The van der Waals surface area contributed by atoms with E-state index in [1.165, 1.54) is 25.5 Å². The lowest BCUT2D eigenvalue weighted by atomic mass is 10.00. The standard InChI is InChI=1S/C20H20N4S2/c1-2-12(10-21)16-9-15(13-5-4-8-23-11-13)17-18(22)20(26-19(17)24-16)25-14-6-3-7-14/h2,4-5,8-11,14,21H,3,6-7,22H2,1H3/b12-2+,21-10?. The van der Waals surface area contributed by atoms with E-state index < -0.39 is 0 Å². The molecule has 4 nitrogen and oxygen atoms in total. The van der Waals surface area contributed by atoms with Crippen molar-refractivity contribution in [3.05, 3.63) is 42.4 Å². The van der Waals surface area contributed by atoms with Crippen LogP contribution in [0.5, 0.6) is 0 Å². The molecule has 1 aliphatic rings. The number of hydrogen-bond acceptors (Lipinski definition) is 6. The van der Waals surface area contributed by atoms with Crippen molar-refractivity contribution >= 4 is 50.8 Å². The van der Waals surface area contributed by atoms with Gasteiger partial charge in [0.25, 0.3) is 0 Å². The van der Waals surface area contributed by atoms with Crippen LogP contribution in [0.2, 0.25) is 0 Å². The number of thiophene rings is 1. The third-order valence-electron chi connectivity index (χ3n) is 4.73. The highest BCUT2D eigenvalue weighted by Crippen LogP contribution is 2.48. The molecule has 132 valence electrons. The molecule has 0 aliphatic heterocycles. The van der Waals surface area contributed by atoms with Gasteiger partial charge in [-0.15, -0.1) is 23.1 Å². The molecule has 0 amide bonds. The summed E-state index contributed by atoms with van der Waals surface area (Å²) in [6.07, 6.45) is 10.7. The molecule has 0 unspecified atom stereocenters. The van der Waals surface area contributed by atoms with Crippen LogP contribution in [0.1, 0.15) is 31.9 Å². The van der Waals surface area contributed by atoms with E-state index in [-0.39, 0.29) is 0 Å². The molecule has 3 aromatic heterocycles. The lowest BCUT2D eigenvalue weighted by molar-refractivity contribution is 0.522. The molecular formula is C20H20N4S2. The zero-order valence-corrected chi connectivity index (χ0v) is 16.2. The molecule has 0 aromatic carbocycles. The number of anilines is 1. The van der Waals surface area contributed by atoms with Crippen LogP contribution in [0.4, 0.5) is 5.69 Å². The van der Waals surface area contributed by atoms with Gasteiger partial charge in [-0.05, 0) is 37.5 Å². The minimum atomic E-state index is 0.680. The molecule has 3 aromatic rings. The summed E-state index contributed by atoms with van der Waals surface area (Å²) in [5.41, 5.74) is 11.1. The fourth-order valence-electron chi connectivity index (χ4n) is 3.03. The van der Waals surface area contributed by atoms with Crippen LogP contribution < -0.4 is 5.73 Å². The number of aromatic nitrogens is 2. The van der Waals surface area contributed by atoms with Crippen LogP contribution in [-0.2, 0) is 0 Å². The number of nitrogens with one attached hydrogen (secondary N) is 1. The molecule has 3 N–H and O–H groups in total. The maximum atomic E-state index is 7.68. The SMILES string of the molecule is C/C=C(\C=N)c1cc(-c2cccnc2)c2c(N)c(SC3CCC3)sc2n1. The Morgan fingerprint density at radius 3 is 2.88 bits per heavy atom. The molecule has 26 heavy (non-hydrogen) atoms. The van der Waals surface area contributed by atoms with Crippen molar-refractivity contribution in [2.24, 2.45) is 0 Å². The van der Waals surface area contributed by atoms with E-state index in [2.05, 4.69) is 4.98 Å². The van der Waals surface area contributed by atoms with Gasteiger partial charge in [0.15, 0.2) is 0 Å². The predicted octanol–water partition coefficient (Wildman–Crippen LogP) is 5.64. The Hall–Kier alpha value is -2.18. The van der Waals surface area contributed by atoms with Crippen molar-refractivity contribution < 1.29 is 0 Å². The van der Waals surface area contributed by atoms with Gasteiger partial charge in [-0.3, -0.25) is 4.98 Å². The number of thioether (sulfide) groups is 1. The summed E-state index contributed by atoms with van der Waals surface area (Å²) >= 11 is 3.56. The average Bonchev–Trinajstić information content (AvgIpc) is 2.95. The van der Waals surface area contributed by atoms with Crippen LogP contribution in [0.15, 0.2) is 40.9 Å². The van der Waals surface area contributed by atoms with Crippen LogP contribution in [0, 0.1) is 5.41 Å². The number of nitrogen functional groups attached to an aromatic ring is 1. The quantitative estimate of drug-likeness (QED) is 0.562. The maximum absolute atomic E-state index is 7.68. The molecule has 0 saturated heterocycles. The molecule has 0 spiro atoms. The van der Waals surface area contributed by atoms with Crippen molar-refractivity contribution in [2.45, 2.75) is 35.6 Å². The number of allylic oxidation sites excluding steroid dienone is 2. The van der Waals surface area contributed by atoms with Crippen molar-refractivity contribution in [3.63, 3.8) is 0 Å². The smallest absolute Gasteiger partial charge is 0.127 e. The first-order chi connectivity index (χ1) is 12.7. The van der Waals surface area contributed by atoms with Crippen molar-refractivity contribution in [2.75, 3.05) is 5.73 Å². The molecule has 3 heterocycles. The van der Waals surface area contributed by atoms with E-state index in [1.807, 2.05) is 49.2 Å². The largest absolute Gasteiger partial charge is 0.397 e. The first kappa shape index (κ1) is 17.2. The Bertz CT molecular complexity index is 988. The van der Waals surface area contributed by atoms with Gasteiger partial charge in [-0.1, -0.05) is 18.6 Å². The number of fused-ring (bicyclic) bond motifs is 1. The molecular weight excluding hydrogens is 360 g/mol. The highest BCUT2D eigenvalue weighted by Gasteiger charge is 2.24. The van der Waals surface area contributed by atoms with E-state index in [9.17, 15) is 0 Å². The zero-order chi connectivity index (χ0) is 18.1. The summed E-state index contributed by atoms with van der Waals surface area (Å²) in [7, 11) is 0. The van der Waals surface area contributed by atoms with Crippen LogP contribution in [-0.4, -0.2) is 21.4 Å². The lowest BCUT2D eigenvalue weighted by Crippen LogP contribution is -2.12. The molecule has 1 fully saturated rings. The highest BCUT2D eigenvalue weighted by atomic mass is 32.2. The van der Waals surface area contributed by atoms with E-state index in [4.69, 9.17) is 16.1 Å². The normalized spacial score (nSPS) is 15.2. The Morgan fingerprint density at radius 2 is 2.27 bits per heavy atom. The predicted molar refractivity (Wildman–Crippen MR) is 113 cm³/mol. The average molecular weight is 381 g/mol. The minimum absolute atomic E-state index is 0.680. The summed E-state index contributed by atoms with van der Waals surface area (Å²) in [5, 5.41) is 9.37. The second-order valence-corrected chi connectivity index (χ2v) is 8.91. The molecule has 6 heteroatoms. The lowest BCUT2D eigenvalue weighted by Gasteiger charge is -2.23. The van der Waals surface area contributed by atoms with Gasteiger partial charge in [0.1, 0.15) is 4.83 Å². The molecule has 4 rings (SSSR count). The Balaban J connectivity index is 1.93. The van der Waals surface area contributed by atoms with E-state index in [1.54, 1.807) is 17.5 Å². The molecule has 0 bridgehead atoms. The summed E-state index contributed by atoms with van der Waals surface area (Å²) in [4.78, 5) is 10.0. The topological polar surface area (TPSA) is 75.7 Å². The van der Waals surface area contributed by atoms with E-state index >= 15 is 0 Å². The number of hydrogen-bond donors (Lipinski definition) is 2. The fraction of sp³-hybridized carbons (Fsp3) is 0.250. The third-order valence-corrected chi connectivity index (χ3v) is 7.40.